The number of likely N-dealkylation sites (tertiary alicyclic amines) is 1. The molecule has 0 bridgehead atoms. The molecule has 2 heteroatoms. The van der Waals surface area contributed by atoms with Crippen molar-refractivity contribution in [3.8, 4) is 0 Å². The summed E-state index contributed by atoms with van der Waals surface area (Å²) >= 11 is 0. The van der Waals surface area contributed by atoms with Crippen molar-refractivity contribution < 1.29 is 8.87 Å². The van der Waals surface area contributed by atoms with Crippen molar-refractivity contribution in [3.05, 3.63) is 0 Å². The summed E-state index contributed by atoms with van der Waals surface area (Å²) in [5.74, 6) is 0. The van der Waals surface area contributed by atoms with Crippen molar-refractivity contribution in [2.24, 2.45) is 0 Å². The lowest BCUT2D eigenvalue weighted by Gasteiger charge is -2.21. The van der Waals surface area contributed by atoms with Crippen molar-refractivity contribution in [2.75, 3.05) is 27.2 Å². The molecule has 0 radical (unpaired) electrons. The standard InChI is InChI=1S/C6H13FN/c1-8(2)4-3-6(7)5-8/h6H,3-5H2,1-2H3/q+1/t6-/m0/s1. The maximum absolute atomic E-state index is 12.4. The molecular weight excluding hydrogens is 105 g/mol. The maximum Gasteiger partial charge on any atom is 0.154 e. The van der Waals surface area contributed by atoms with Gasteiger partial charge in [-0.2, -0.15) is 0 Å². The van der Waals surface area contributed by atoms with Gasteiger partial charge in [-0.25, -0.2) is 4.39 Å². The van der Waals surface area contributed by atoms with Gasteiger partial charge in [0.2, 0.25) is 0 Å². The van der Waals surface area contributed by atoms with E-state index in [0.29, 0.717) is 6.54 Å². The fourth-order valence-corrected chi connectivity index (χ4v) is 1.21. The van der Waals surface area contributed by atoms with Crippen LogP contribution in [0.3, 0.4) is 0 Å². The van der Waals surface area contributed by atoms with E-state index in [0.717, 1.165) is 17.4 Å². The van der Waals surface area contributed by atoms with Gasteiger partial charge in [-0.05, 0) is 0 Å². The minimum Gasteiger partial charge on any atom is -0.326 e. The van der Waals surface area contributed by atoms with Gasteiger partial charge in [0.05, 0.1) is 20.6 Å². The second-order valence-corrected chi connectivity index (χ2v) is 3.23. The molecule has 1 aliphatic rings. The van der Waals surface area contributed by atoms with Crippen LogP contribution in [0.25, 0.3) is 0 Å². The Morgan fingerprint density at radius 3 is 2.25 bits per heavy atom. The highest BCUT2D eigenvalue weighted by molar-refractivity contribution is 4.60. The molecule has 1 fully saturated rings. The zero-order valence-corrected chi connectivity index (χ0v) is 5.52. The molecule has 48 valence electrons. The first-order valence-corrected chi connectivity index (χ1v) is 3.06. The lowest BCUT2D eigenvalue weighted by atomic mass is 10.3. The quantitative estimate of drug-likeness (QED) is 0.413. The SMILES string of the molecule is C[N+]1(C)CC[C@H](F)C1. The summed E-state index contributed by atoms with van der Waals surface area (Å²) in [5, 5.41) is 0. The molecule has 8 heavy (non-hydrogen) atoms. The van der Waals surface area contributed by atoms with Crippen molar-refractivity contribution in [1.82, 2.24) is 0 Å². The smallest absolute Gasteiger partial charge is 0.154 e. The average molecular weight is 118 g/mol. The van der Waals surface area contributed by atoms with Crippen molar-refractivity contribution in [1.29, 1.82) is 0 Å². The predicted molar refractivity (Wildman–Crippen MR) is 31.4 cm³/mol. The lowest BCUT2D eigenvalue weighted by Crippen LogP contribution is -2.36. The Balaban J connectivity index is 2.44. The van der Waals surface area contributed by atoms with Gasteiger partial charge < -0.3 is 4.48 Å². The molecule has 1 heterocycles. The summed E-state index contributed by atoms with van der Waals surface area (Å²) in [4.78, 5) is 0. The van der Waals surface area contributed by atoms with Crippen molar-refractivity contribution in [2.45, 2.75) is 12.6 Å². The van der Waals surface area contributed by atoms with Gasteiger partial charge >= 0.3 is 0 Å². The van der Waals surface area contributed by atoms with Crippen LogP contribution < -0.4 is 0 Å². The molecule has 1 aliphatic heterocycles. The number of quaternary nitrogens is 1. The van der Waals surface area contributed by atoms with Gasteiger partial charge in [0.1, 0.15) is 6.54 Å². The largest absolute Gasteiger partial charge is 0.326 e. The Kier molecular flexibility index (Phi) is 1.27. The molecule has 0 amide bonds. The zero-order valence-electron chi connectivity index (χ0n) is 5.52. The molecule has 1 atom stereocenters. The average Bonchev–Trinajstić information content (AvgIpc) is 1.82. The molecule has 0 aliphatic carbocycles. The first kappa shape index (κ1) is 6.02. The van der Waals surface area contributed by atoms with Gasteiger partial charge in [-0.1, -0.05) is 0 Å². The number of rotatable bonds is 0. The van der Waals surface area contributed by atoms with Crippen molar-refractivity contribution >= 4 is 0 Å². The Morgan fingerprint density at radius 2 is 2.12 bits per heavy atom. The molecule has 0 saturated carbocycles. The van der Waals surface area contributed by atoms with Crippen LogP contribution in [0, 0.1) is 0 Å². The monoisotopic (exact) mass is 118 g/mol. The van der Waals surface area contributed by atoms with Gasteiger partial charge in [0.25, 0.3) is 0 Å². The molecular formula is C6H13FN+. The molecule has 0 spiro atoms. The van der Waals surface area contributed by atoms with E-state index in [1.54, 1.807) is 0 Å². The molecule has 0 aromatic rings. The van der Waals surface area contributed by atoms with E-state index in [-0.39, 0.29) is 0 Å². The van der Waals surface area contributed by atoms with E-state index in [1.807, 2.05) is 0 Å². The fraction of sp³-hybridized carbons (Fsp3) is 1.00. The van der Waals surface area contributed by atoms with Crippen molar-refractivity contribution in [3.63, 3.8) is 0 Å². The Bertz CT molecular complexity index is 90.5. The van der Waals surface area contributed by atoms with Crippen LogP contribution in [-0.2, 0) is 0 Å². The summed E-state index contributed by atoms with van der Waals surface area (Å²) in [6.07, 6.45) is 0.220. The first-order chi connectivity index (χ1) is 3.60. The molecule has 0 unspecified atom stereocenters. The molecule has 1 saturated heterocycles. The van der Waals surface area contributed by atoms with Crippen LogP contribution in [0.1, 0.15) is 6.42 Å². The minimum atomic E-state index is -0.537. The van der Waals surface area contributed by atoms with Crippen LogP contribution in [0.5, 0.6) is 0 Å². The Morgan fingerprint density at radius 1 is 1.50 bits per heavy atom. The Labute approximate surface area is 49.7 Å². The van der Waals surface area contributed by atoms with Crippen LogP contribution >= 0.6 is 0 Å². The third-order valence-corrected chi connectivity index (χ3v) is 1.74. The zero-order chi connectivity index (χ0) is 6.20. The van der Waals surface area contributed by atoms with Gasteiger partial charge in [0, 0.05) is 6.42 Å². The number of alkyl halides is 1. The molecule has 0 aromatic carbocycles. The van der Waals surface area contributed by atoms with E-state index in [1.165, 1.54) is 0 Å². The van der Waals surface area contributed by atoms with E-state index in [2.05, 4.69) is 14.1 Å². The van der Waals surface area contributed by atoms with E-state index < -0.39 is 6.17 Å². The van der Waals surface area contributed by atoms with Crippen LogP contribution in [-0.4, -0.2) is 37.8 Å². The third-order valence-electron chi connectivity index (χ3n) is 1.74. The van der Waals surface area contributed by atoms with Crippen LogP contribution in [0.4, 0.5) is 4.39 Å². The van der Waals surface area contributed by atoms with E-state index >= 15 is 0 Å². The van der Waals surface area contributed by atoms with Crippen LogP contribution in [0.15, 0.2) is 0 Å². The molecule has 1 nitrogen and oxygen atoms in total. The molecule has 0 N–H and O–H groups in total. The van der Waals surface area contributed by atoms with Crippen LogP contribution in [0.2, 0.25) is 0 Å². The predicted octanol–water partition coefficient (Wildman–Crippen LogP) is 0.805. The molecule has 0 aromatic heterocycles. The second-order valence-electron chi connectivity index (χ2n) is 3.23. The summed E-state index contributed by atoms with van der Waals surface area (Å²) < 4.78 is 13.3. The third kappa shape index (κ3) is 1.19. The first-order valence-electron chi connectivity index (χ1n) is 3.06. The highest BCUT2D eigenvalue weighted by Crippen LogP contribution is 2.15. The number of halogens is 1. The number of hydrogen-bond donors (Lipinski definition) is 0. The second kappa shape index (κ2) is 1.69. The summed E-state index contributed by atoms with van der Waals surface area (Å²) in [5.41, 5.74) is 0. The van der Waals surface area contributed by atoms with Gasteiger partial charge in [-0.3, -0.25) is 0 Å². The topological polar surface area (TPSA) is 0 Å². The lowest BCUT2D eigenvalue weighted by molar-refractivity contribution is -0.878. The summed E-state index contributed by atoms with van der Waals surface area (Å²) in [7, 11) is 4.14. The highest BCUT2D eigenvalue weighted by Gasteiger charge is 2.29. The van der Waals surface area contributed by atoms with E-state index in [4.69, 9.17) is 0 Å². The highest BCUT2D eigenvalue weighted by atomic mass is 19.1. The molecule has 1 rings (SSSR count). The maximum atomic E-state index is 12.4. The minimum absolute atomic E-state index is 0.537. The summed E-state index contributed by atoms with van der Waals surface area (Å²) in [6, 6.07) is 0. The fourth-order valence-electron chi connectivity index (χ4n) is 1.21. The Hall–Kier alpha value is -0.110. The van der Waals surface area contributed by atoms with Gasteiger partial charge in [0.15, 0.2) is 6.17 Å². The normalized spacial score (nSPS) is 35.6. The number of hydrogen-bond acceptors (Lipinski definition) is 0. The summed E-state index contributed by atoms with van der Waals surface area (Å²) in [6.45, 7) is 1.71. The van der Waals surface area contributed by atoms with Gasteiger partial charge in [-0.15, -0.1) is 0 Å². The number of nitrogens with zero attached hydrogens (tertiary/aromatic N) is 1. The van der Waals surface area contributed by atoms with E-state index in [9.17, 15) is 4.39 Å².